The fourth-order valence-electron chi connectivity index (χ4n) is 3.41. The van der Waals surface area contributed by atoms with Crippen LogP contribution in [0.4, 0.5) is 11.6 Å². The lowest BCUT2D eigenvalue weighted by Crippen LogP contribution is -2.24. The van der Waals surface area contributed by atoms with Crippen molar-refractivity contribution in [3.05, 3.63) is 66.5 Å². The van der Waals surface area contributed by atoms with Crippen LogP contribution in [0.15, 0.2) is 55.1 Å². The number of hydrogen-bond acceptors (Lipinski definition) is 5. The minimum atomic E-state index is 0.406. The summed E-state index contributed by atoms with van der Waals surface area (Å²) in [6.07, 6.45) is 9.89. The molecule has 1 unspecified atom stereocenters. The van der Waals surface area contributed by atoms with Gasteiger partial charge in [-0.15, -0.1) is 0 Å². The van der Waals surface area contributed by atoms with E-state index in [1.54, 1.807) is 6.20 Å². The summed E-state index contributed by atoms with van der Waals surface area (Å²) in [7, 11) is 2.05. The average molecular weight is 334 g/mol. The summed E-state index contributed by atoms with van der Waals surface area (Å²) in [4.78, 5) is 15.7. The smallest absolute Gasteiger partial charge is 0.131 e. The van der Waals surface area contributed by atoms with Gasteiger partial charge in [-0.2, -0.15) is 0 Å². The van der Waals surface area contributed by atoms with E-state index in [4.69, 9.17) is 0 Å². The van der Waals surface area contributed by atoms with Crippen LogP contribution in [-0.4, -0.2) is 31.0 Å². The summed E-state index contributed by atoms with van der Waals surface area (Å²) in [5.41, 5.74) is 1.29. The average Bonchev–Trinajstić information content (AvgIpc) is 3.26. The molecule has 6 heteroatoms. The van der Waals surface area contributed by atoms with Crippen LogP contribution in [-0.2, 0) is 13.6 Å². The fourth-order valence-corrected chi connectivity index (χ4v) is 3.41. The van der Waals surface area contributed by atoms with Crippen molar-refractivity contribution in [2.24, 2.45) is 7.05 Å². The molecule has 1 fully saturated rings. The van der Waals surface area contributed by atoms with Crippen molar-refractivity contribution >= 4 is 11.6 Å². The molecule has 1 aliphatic rings. The van der Waals surface area contributed by atoms with Crippen LogP contribution in [0.3, 0.4) is 0 Å². The first-order valence-corrected chi connectivity index (χ1v) is 8.64. The molecule has 1 aliphatic heterocycles. The van der Waals surface area contributed by atoms with Gasteiger partial charge in [0, 0.05) is 37.9 Å². The second-order valence-corrected chi connectivity index (χ2v) is 6.40. The zero-order valence-corrected chi connectivity index (χ0v) is 14.3. The van der Waals surface area contributed by atoms with E-state index in [2.05, 4.69) is 48.9 Å². The van der Waals surface area contributed by atoms with Crippen LogP contribution in [0.2, 0.25) is 0 Å². The maximum Gasteiger partial charge on any atom is 0.131 e. The normalized spacial score (nSPS) is 17.7. The van der Waals surface area contributed by atoms with E-state index >= 15 is 0 Å². The quantitative estimate of drug-likeness (QED) is 0.776. The number of rotatable bonds is 5. The van der Waals surface area contributed by atoms with Crippen LogP contribution in [0.1, 0.15) is 30.3 Å². The predicted octanol–water partition coefficient (Wildman–Crippen LogP) is 3.29. The van der Waals surface area contributed by atoms with Gasteiger partial charge < -0.3 is 9.88 Å². The number of aryl methyl sites for hydroxylation is 1. The highest BCUT2D eigenvalue weighted by Gasteiger charge is 2.27. The first-order chi connectivity index (χ1) is 12.3. The highest BCUT2D eigenvalue weighted by atomic mass is 15.2. The van der Waals surface area contributed by atoms with Crippen molar-refractivity contribution in [2.45, 2.75) is 25.4 Å². The maximum absolute atomic E-state index is 4.47. The van der Waals surface area contributed by atoms with Crippen molar-refractivity contribution in [2.75, 3.05) is 11.9 Å². The van der Waals surface area contributed by atoms with Gasteiger partial charge in [0.05, 0.1) is 6.54 Å². The van der Waals surface area contributed by atoms with Crippen molar-refractivity contribution in [3.63, 3.8) is 0 Å². The molecule has 4 rings (SSSR count). The molecule has 6 nitrogen and oxygen atoms in total. The Morgan fingerprint density at radius 1 is 1.08 bits per heavy atom. The number of likely N-dealkylation sites (tertiary alicyclic amines) is 1. The van der Waals surface area contributed by atoms with Gasteiger partial charge in [-0.3, -0.25) is 4.90 Å². The standard InChI is InChI=1S/C19H22N6/c1-24-12-10-22-19(24)14-25-11-4-5-16(25)15-7-9-21-18(13-15)23-17-6-2-3-8-20-17/h2-3,6-10,12-13,16H,4-5,11,14H2,1H3,(H,20,21,23). The van der Waals surface area contributed by atoms with E-state index in [0.29, 0.717) is 6.04 Å². The fraction of sp³-hybridized carbons (Fsp3) is 0.316. The minimum Gasteiger partial charge on any atom is -0.337 e. The number of hydrogen-bond donors (Lipinski definition) is 1. The molecular weight excluding hydrogens is 312 g/mol. The lowest BCUT2D eigenvalue weighted by molar-refractivity contribution is 0.240. The van der Waals surface area contributed by atoms with Crippen LogP contribution in [0.25, 0.3) is 0 Å². The summed E-state index contributed by atoms with van der Waals surface area (Å²) < 4.78 is 2.09. The van der Waals surface area contributed by atoms with E-state index in [-0.39, 0.29) is 0 Å². The molecule has 3 aromatic rings. The molecule has 25 heavy (non-hydrogen) atoms. The number of aromatic nitrogens is 4. The van der Waals surface area contributed by atoms with Gasteiger partial charge in [-0.05, 0) is 49.2 Å². The van der Waals surface area contributed by atoms with Gasteiger partial charge >= 0.3 is 0 Å². The second-order valence-electron chi connectivity index (χ2n) is 6.40. The Morgan fingerprint density at radius 2 is 2.00 bits per heavy atom. The van der Waals surface area contributed by atoms with E-state index in [1.165, 1.54) is 12.0 Å². The molecule has 3 aromatic heterocycles. The Kier molecular flexibility index (Phi) is 4.43. The van der Waals surface area contributed by atoms with Crippen molar-refractivity contribution < 1.29 is 0 Å². The third-order valence-electron chi connectivity index (χ3n) is 4.72. The first kappa shape index (κ1) is 15.8. The maximum atomic E-state index is 4.47. The molecule has 4 heterocycles. The zero-order chi connectivity index (χ0) is 17.1. The summed E-state index contributed by atoms with van der Waals surface area (Å²) in [5.74, 6) is 2.75. The molecule has 0 aromatic carbocycles. The lowest BCUT2D eigenvalue weighted by atomic mass is 10.1. The molecule has 0 aliphatic carbocycles. The summed E-state index contributed by atoms with van der Waals surface area (Å²) >= 11 is 0. The molecule has 0 amide bonds. The number of nitrogens with one attached hydrogen (secondary N) is 1. The van der Waals surface area contributed by atoms with E-state index < -0.39 is 0 Å². The number of pyridine rings is 2. The van der Waals surface area contributed by atoms with Gasteiger partial charge in [-0.1, -0.05) is 6.07 Å². The lowest BCUT2D eigenvalue weighted by Gasteiger charge is -2.24. The Hall–Kier alpha value is -2.73. The molecule has 1 atom stereocenters. The van der Waals surface area contributed by atoms with Crippen LogP contribution >= 0.6 is 0 Å². The van der Waals surface area contributed by atoms with Crippen molar-refractivity contribution in [1.29, 1.82) is 0 Å². The van der Waals surface area contributed by atoms with Gasteiger partial charge in [0.25, 0.3) is 0 Å². The molecule has 1 saturated heterocycles. The molecular formula is C19H22N6. The Bertz CT molecular complexity index is 829. The Labute approximate surface area is 147 Å². The molecule has 128 valence electrons. The highest BCUT2D eigenvalue weighted by Crippen LogP contribution is 2.33. The number of anilines is 2. The zero-order valence-electron chi connectivity index (χ0n) is 14.3. The van der Waals surface area contributed by atoms with Crippen molar-refractivity contribution in [3.8, 4) is 0 Å². The van der Waals surface area contributed by atoms with Crippen LogP contribution < -0.4 is 5.32 Å². The number of imidazole rings is 1. The van der Waals surface area contributed by atoms with E-state index in [9.17, 15) is 0 Å². The molecule has 0 saturated carbocycles. The Balaban J connectivity index is 1.52. The van der Waals surface area contributed by atoms with E-state index in [0.717, 1.165) is 37.0 Å². The summed E-state index contributed by atoms with van der Waals surface area (Å²) in [6.45, 7) is 1.97. The largest absolute Gasteiger partial charge is 0.337 e. The van der Waals surface area contributed by atoms with Crippen LogP contribution in [0, 0.1) is 0 Å². The third kappa shape index (κ3) is 3.53. The summed E-state index contributed by atoms with van der Waals surface area (Å²) in [5, 5.41) is 3.28. The molecule has 0 spiro atoms. The van der Waals surface area contributed by atoms with Gasteiger partial charge in [0.1, 0.15) is 17.5 Å². The minimum absolute atomic E-state index is 0.406. The summed E-state index contributed by atoms with van der Waals surface area (Å²) in [6, 6.07) is 10.5. The molecule has 0 bridgehead atoms. The third-order valence-corrected chi connectivity index (χ3v) is 4.72. The monoisotopic (exact) mass is 334 g/mol. The SMILES string of the molecule is Cn1ccnc1CN1CCCC1c1ccnc(Nc2ccccn2)c1. The Morgan fingerprint density at radius 3 is 2.80 bits per heavy atom. The second kappa shape index (κ2) is 7.03. The van der Waals surface area contributed by atoms with Gasteiger partial charge in [-0.25, -0.2) is 15.0 Å². The van der Waals surface area contributed by atoms with Crippen molar-refractivity contribution in [1.82, 2.24) is 24.4 Å². The first-order valence-electron chi connectivity index (χ1n) is 8.64. The molecule has 1 N–H and O–H groups in total. The topological polar surface area (TPSA) is 58.9 Å². The molecule has 0 radical (unpaired) electrons. The highest BCUT2D eigenvalue weighted by molar-refractivity contribution is 5.52. The van der Waals surface area contributed by atoms with Gasteiger partial charge in [0.2, 0.25) is 0 Å². The predicted molar refractivity (Wildman–Crippen MR) is 97.3 cm³/mol. The number of nitrogens with zero attached hydrogens (tertiary/aromatic N) is 5. The van der Waals surface area contributed by atoms with Gasteiger partial charge in [0.15, 0.2) is 0 Å². The van der Waals surface area contributed by atoms with Crippen LogP contribution in [0.5, 0.6) is 0 Å². The van der Waals surface area contributed by atoms with E-state index in [1.807, 2.05) is 36.8 Å².